The van der Waals surface area contributed by atoms with Crippen LogP contribution in [0.25, 0.3) is 0 Å². The number of aliphatic hydroxyl groups is 1. The topological polar surface area (TPSA) is 59.2 Å². The number of hydrogen-bond acceptors (Lipinski definition) is 4. The van der Waals surface area contributed by atoms with Crippen LogP contribution >= 0.6 is 0 Å². The van der Waals surface area contributed by atoms with E-state index < -0.39 is 0 Å². The third kappa shape index (κ3) is 2.43. The number of benzene rings is 1. The third-order valence-corrected chi connectivity index (χ3v) is 2.15. The van der Waals surface area contributed by atoms with Gasteiger partial charge in [-0.05, 0) is 11.6 Å². The van der Waals surface area contributed by atoms with Gasteiger partial charge in [-0.15, -0.1) is 0 Å². The molecule has 1 N–H and O–H groups in total. The molecular weight excluding hydrogens is 211 g/mol. The Morgan fingerprint density at radius 1 is 1.31 bits per heavy atom. The predicted molar refractivity (Wildman–Crippen MR) is 54.3 cm³/mol. The number of nitrogens with zero attached hydrogens (tertiary/aromatic N) is 2. The van der Waals surface area contributed by atoms with Crippen LogP contribution in [0.4, 0.5) is 4.39 Å². The molecule has 2 aromatic rings. The molecule has 0 amide bonds. The largest absolute Gasteiger partial charge is 0.396 e. The molecule has 0 aliphatic carbocycles. The third-order valence-electron chi connectivity index (χ3n) is 2.15. The zero-order valence-electron chi connectivity index (χ0n) is 8.56. The van der Waals surface area contributed by atoms with Gasteiger partial charge in [-0.1, -0.05) is 23.4 Å². The Kier molecular flexibility index (Phi) is 3.26. The van der Waals surface area contributed by atoms with Crippen molar-refractivity contribution in [2.45, 2.75) is 12.8 Å². The molecule has 0 aliphatic heterocycles. The summed E-state index contributed by atoms with van der Waals surface area (Å²) in [4.78, 5) is 4.03. The fraction of sp³-hybridized carbons (Fsp3) is 0.273. The fourth-order valence-electron chi connectivity index (χ4n) is 1.37. The average molecular weight is 222 g/mol. The molecular formula is C11H11FN2O2. The van der Waals surface area contributed by atoms with Gasteiger partial charge in [-0.3, -0.25) is 0 Å². The summed E-state index contributed by atoms with van der Waals surface area (Å²) < 4.78 is 18.2. The Morgan fingerprint density at radius 2 is 2.12 bits per heavy atom. The van der Waals surface area contributed by atoms with E-state index in [0.717, 1.165) is 0 Å². The SMILES string of the molecule is OCCc1noc(Cc2ccccc2F)n1. The first kappa shape index (κ1) is 10.8. The van der Waals surface area contributed by atoms with Gasteiger partial charge < -0.3 is 9.63 Å². The Bertz CT molecular complexity index is 471. The Balaban J connectivity index is 2.11. The zero-order valence-corrected chi connectivity index (χ0v) is 8.56. The van der Waals surface area contributed by atoms with Crippen molar-refractivity contribution in [3.63, 3.8) is 0 Å². The summed E-state index contributed by atoms with van der Waals surface area (Å²) in [6.45, 7) is -0.0291. The molecule has 0 aliphatic rings. The summed E-state index contributed by atoms with van der Waals surface area (Å²) in [5, 5.41) is 12.3. The average Bonchev–Trinajstić information content (AvgIpc) is 2.70. The smallest absolute Gasteiger partial charge is 0.231 e. The summed E-state index contributed by atoms with van der Waals surface area (Å²) >= 11 is 0. The maximum absolute atomic E-state index is 13.3. The molecule has 4 nitrogen and oxygen atoms in total. The molecule has 0 bridgehead atoms. The van der Waals surface area contributed by atoms with Crippen molar-refractivity contribution in [2.75, 3.05) is 6.61 Å². The van der Waals surface area contributed by atoms with Crippen LogP contribution < -0.4 is 0 Å². The van der Waals surface area contributed by atoms with Gasteiger partial charge in [-0.25, -0.2) is 4.39 Å². The van der Waals surface area contributed by atoms with E-state index in [-0.39, 0.29) is 18.8 Å². The lowest BCUT2D eigenvalue weighted by Gasteiger charge is -1.97. The first-order chi connectivity index (χ1) is 7.79. The van der Waals surface area contributed by atoms with E-state index in [4.69, 9.17) is 9.63 Å². The van der Waals surface area contributed by atoms with E-state index in [0.29, 0.717) is 23.7 Å². The van der Waals surface area contributed by atoms with E-state index >= 15 is 0 Å². The van der Waals surface area contributed by atoms with Crippen molar-refractivity contribution < 1.29 is 14.0 Å². The van der Waals surface area contributed by atoms with Crippen LogP contribution in [-0.2, 0) is 12.8 Å². The zero-order chi connectivity index (χ0) is 11.4. The predicted octanol–water partition coefficient (Wildman–Crippen LogP) is 1.33. The first-order valence-electron chi connectivity index (χ1n) is 4.95. The summed E-state index contributed by atoms with van der Waals surface area (Å²) in [7, 11) is 0. The summed E-state index contributed by atoms with van der Waals surface area (Å²) in [6.07, 6.45) is 0.617. The highest BCUT2D eigenvalue weighted by molar-refractivity contribution is 5.20. The van der Waals surface area contributed by atoms with Gasteiger partial charge in [0, 0.05) is 6.42 Å². The van der Waals surface area contributed by atoms with Crippen molar-refractivity contribution in [1.82, 2.24) is 10.1 Å². The standard InChI is InChI=1S/C11H11FN2O2/c12-9-4-2-1-3-8(9)7-11-13-10(5-6-15)14-16-11/h1-4,15H,5-7H2. The van der Waals surface area contributed by atoms with Crippen LogP contribution in [0.2, 0.25) is 0 Å². The highest BCUT2D eigenvalue weighted by atomic mass is 19.1. The van der Waals surface area contributed by atoms with Crippen LogP contribution in [0.1, 0.15) is 17.3 Å². The molecule has 1 aromatic heterocycles. The van der Waals surface area contributed by atoms with Crippen LogP contribution in [0.15, 0.2) is 28.8 Å². The molecule has 0 saturated carbocycles. The molecule has 1 aromatic carbocycles. The quantitative estimate of drug-likeness (QED) is 0.847. The maximum Gasteiger partial charge on any atom is 0.231 e. The number of hydrogen-bond donors (Lipinski definition) is 1. The summed E-state index contributed by atoms with van der Waals surface area (Å²) in [5.74, 6) is 0.506. The molecule has 16 heavy (non-hydrogen) atoms. The van der Waals surface area contributed by atoms with E-state index in [9.17, 15) is 4.39 Å². The van der Waals surface area contributed by atoms with E-state index in [1.807, 2.05) is 0 Å². The number of halogens is 1. The number of aromatic nitrogens is 2. The lowest BCUT2D eigenvalue weighted by molar-refractivity contribution is 0.293. The summed E-state index contributed by atoms with van der Waals surface area (Å²) in [5.41, 5.74) is 0.515. The summed E-state index contributed by atoms with van der Waals surface area (Å²) in [6, 6.07) is 6.44. The Morgan fingerprint density at radius 3 is 2.88 bits per heavy atom. The van der Waals surface area contributed by atoms with Gasteiger partial charge in [0.25, 0.3) is 0 Å². The van der Waals surface area contributed by atoms with Gasteiger partial charge in [0.05, 0.1) is 13.0 Å². The second kappa shape index (κ2) is 4.85. The Hall–Kier alpha value is -1.75. The Labute approximate surface area is 91.7 Å². The second-order valence-electron chi connectivity index (χ2n) is 3.35. The van der Waals surface area contributed by atoms with Gasteiger partial charge in [0.2, 0.25) is 5.89 Å². The molecule has 1 heterocycles. The minimum atomic E-state index is -0.288. The maximum atomic E-state index is 13.3. The van der Waals surface area contributed by atoms with Crippen molar-refractivity contribution in [3.8, 4) is 0 Å². The van der Waals surface area contributed by atoms with Crippen LogP contribution in [0.3, 0.4) is 0 Å². The van der Waals surface area contributed by atoms with Gasteiger partial charge in [0.15, 0.2) is 5.82 Å². The lowest BCUT2D eigenvalue weighted by atomic mass is 10.1. The normalized spacial score (nSPS) is 10.6. The fourth-order valence-corrected chi connectivity index (χ4v) is 1.37. The molecule has 5 heteroatoms. The van der Waals surface area contributed by atoms with Crippen molar-refractivity contribution >= 4 is 0 Å². The lowest BCUT2D eigenvalue weighted by Crippen LogP contribution is -1.95. The highest BCUT2D eigenvalue weighted by Crippen LogP contribution is 2.11. The molecule has 2 rings (SSSR count). The van der Waals surface area contributed by atoms with E-state index in [1.54, 1.807) is 18.2 Å². The van der Waals surface area contributed by atoms with Gasteiger partial charge >= 0.3 is 0 Å². The minimum absolute atomic E-state index is 0.0291. The van der Waals surface area contributed by atoms with E-state index in [2.05, 4.69) is 10.1 Å². The molecule has 0 radical (unpaired) electrons. The molecule has 0 fully saturated rings. The molecule has 84 valence electrons. The van der Waals surface area contributed by atoms with Gasteiger partial charge in [-0.2, -0.15) is 4.98 Å². The molecule has 0 saturated heterocycles. The molecule has 0 atom stereocenters. The minimum Gasteiger partial charge on any atom is -0.396 e. The van der Waals surface area contributed by atoms with Crippen molar-refractivity contribution in [2.24, 2.45) is 0 Å². The second-order valence-corrected chi connectivity index (χ2v) is 3.35. The monoisotopic (exact) mass is 222 g/mol. The first-order valence-corrected chi connectivity index (χ1v) is 4.95. The van der Waals surface area contributed by atoms with Gasteiger partial charge in [0.1, 0.15) is 5.82 Å². The van der Waals surface area contributed by atoms with Crippen molar-refractivity contribution in [1.29, 1.82) is 0 Å². The van der Waals surface area contributed by atoms with Crippen molar-refractivity contribution in [3.05, 3.63) is 47.4 Å². The molecule has 0 unspecified atom stereocenters. The van der Waals surface area contributed by atoms with Crippen LogP contribution in [-0.4, -0.2) is 21.9 Å². The highest BCUT2D eigenvalue weighted by Gasteiger charge is 2.09. The number of rotatable bonds is 4. The van der Waals surface area contributed by atoms with Crippen LogP contribution in [0, 0.1) is 5.82 Å². The van der Waals surface area contributed by atoms with E-state index in [1.165, 1.54) is 6.07 Å². The molecule has 0 spiro atoms. The van der Waals surface area contributed by atoms with Crippen LogP contribution in [0.5, 0.6) is 0 Å². The number of aliphatic hydroxyl groups excluding tert-OH is 1.